The topological polar surface area (TPSA) is 128 Å². The zero-order chi connectivity index (χ0) is 19.4. The summed E-state index contributed by atoms with van der Waals surface area (Å²) in [5, 5.41) is 20.2. The van der Waals surface area contributed by atoms with Crippen LogP contribution in [0, 0.1) is 5.92 Å². The van der Waals surface area contributed by atoms with Crippen LogP contribution in [-0.4, -0.2) is 50.3 Å². The third-order valence-electron chi connectivity index (χ3n) is 5.67. The molecule has 2 amide bonds. The second kappa shape index (κ2) is 8.49. The van der Waals surface area contributed by atoms with Crippen molar-refractivity contribution in [2.75, 3.05) is 13.1 Å². The van der Waals surface area contributed by atoms with Gasteiger partial charge in [0.05, 0.1) is 6.04 Å². The van der Waals surface area contributed by atoms with Crippen LogP contribution >= 0.6 is 0 Å². The second-order valence-corrected chi connectivity index (χ2v) is 7.42. The predicted molar refractivity (Wildman–Crippen MR) is 97.4 cm³/mol. The molecule has 1 aromatic heterocycles. The van der Waals surface area contributed by atoms with E-state index in [9.17, 15) is 14.4 Å². The van der Waals surface area contributed by atoms with E-state index in [0.717, 1.165) is 25.7 Å². The van der Waals surface area contributed by atoms with Gasteiger partial charge in [-0.15, -0.1) is 10.2 Å². The van der Waals surface area contributed by atoms with Crippen LogP contribution in [0.3, 0.4) is 0 Å². The molecule has 0 spiro atoms. The van der Waals surface area contributed by atoms with Crippen molar-refractivity contribution in [1.82, 2.24) is 25.4 Å². The van der Waals surface area contributed by atoms with Gasteiger partial charge in [-0.1, -0.05) is 19.8 Å². The number of H-pyrrole nitrogens is 1. The number of likely N-dealkylation sites (tertiary alicyclic amines) is 1. The smallest absolute Gasteiger partial charge is 0.407 e. The molecular weight excluding hydrogens is 350 g/mol. The fourth-order valence-corrected chi connectivity index (χ4v) is 3.96. The van der Waals surface area contributed by atoms with Crippen molar-refractivity contribution < 1.29 is 14.7 Å². The van der Waals surface area contributed by atoms with Crippen LogP contribution < -0.4 is 10.9 Å². The molecule has 0 bridgehead atoms. The molecule has 1 unspecified atom stereocenters. The number of carbonyl (C=O) groups excluding carboxylic acids is 1. The highest BCUT2D eigenvalue weighted by Gasteiger charge is 2.29. The quantitative estimate of drug-likeness (QED) is 0.717. The first-order chi connectivity index (χ1) is 13.0. The third kappa shape index (κ3) is 4.45. The van der Waals surface area contributed by atoms with E-state index < -0.39 is 12.1 Å². The van der Waals surface area contributed by atoms with Crippen molar-refractivity contribution in [3.05, 3.63) is 21.9 Å². The summed E-state index contributed by atoms with van der Waals surface area (Å²) >= 11 is 0. The van der Waals surface area contributed by atoms with Crippen LogP contribution in [0.4, 0.5) is 4.79 Å². The number of amides is 2. The first-order valence-corrected chi connectivity index (χ1v) is 9.74. The van der Waals surface area contributed by atoms with Gasteiger partial charge in [-0.3, -0.25) is 9.59 Å². The number of piperidine rings is 1. The first kappa shape index (κ1) is 19.3. The van der Waals surface area contributed by atoms with E-state index in [1.54, 1.807) is 0 Å². The molecule has 1 aromatic rings. The summed E-state index contributed by atoms with van der Waals surface area (Å²) in [6.45, 7) is 2.57. The minimum Gasteiger partial charge on any atom is -0.465 e. The molecule has 1 aliphatic carbocycles. The maximum Gasteiger partial charge on any atom is 0.407 e. The Morgan fingerprint density at radius 1 is 1.22 bits per heavy atom. The second-order valence-electron chi connectivity index (χ2n) is 7.42. The van der Waals surface area contributed by atoms with Crippen molar-refractivity contribution in [3.8, 4) is 0 Å². The van der Waals surface area contributed by atoms with Gasteiger partial charge in [0.1, 0.15) is 5.82 Å². The minimum atomic E-state index is -0.954. The summed E-state index contributed by atoms with van der Waals surface area (Å²) in [4.78, 5) is 40.2. The number of aromatic nitrogens is 3. The summed E-state index contributed by atoms with van der Waals surface area (Å²) in [5.74, 6) is 0.504. The lowest BCUT2D eigenvalue weighted by Gasteiger charge is -2.30. The van der Waals surface area contributed by atoms with Gasteiger partial charge in [-0.2, -0.15) is 0 Å². The van der Waals surface area contributed by atoms with Crippen LogP contribution in [-0.2, 0) is 4.79 Å². The van der Waals surface area contributed by atoms with Crippen molar-refractivity contribution in [3.63, 3.8) is 0 Å². The van der Waals surface area contributed by atoms with Gasteiger partial charge in [0, 0.05) is 24.9 Å². The molecule has 2 heterocycles. The molecule has 2 fully saturated rings. The highest BCUT2D eigenvalue weighted by Crippen LogP contribution is 2.31. The number of nitrogens with one attached hydrogen (secondary N) is 2. The summed E-state index contributed by atoms with van der Waals surface area (Å²) < 4.78 is 0. The van der Waals surface area contributed by atoms with Crippen molar-refractivity contribution in [2.24, 2.45) is 5.92 Å². The number of nitrogens with zero attached hydrogens (tertiary/aromatic N) is 3. The van der Waals surface area contributed by atoms with Gasteiger partial charge in [0.25, 0.3) is 5.56 Å². The molecule has 9 nitrogen and oxygen atoms in total. The highest BCUT2D eigenvalue weighted by molar-refractivity contribution is 5.79. The summed E-state index contributed by atoms with van der Waals surface area (Å²) in [6.07, 6.45) is 4.87. The largest absolute Gasteiger partial charge is 0.465 e. The Hall–Kier alpha value is -2.45. The molecule has 9 heteroatoms. The Labute approximate surface area is 157 Å². The Bertz CT molecular complexity index is 736. The van der Waals surface area contributed by atoms with Gasteiger partial charge in [-0.05, 0) is 32.1 Å². The predicted octanol–water partition coefficient (Wildman–Crippen LogP) is 1.78. The molecular formula is C18H27N5O4. The summed E-state index contributed by atoms with van der Waals surface area (Å²) in [7, 11) is 0. The molecule has 1 aliphatic heterocycles. The maximum absolute atomic E-state index is 12.6. The van der Waals surface area contributed by atoms with Crippen molar-refractivity contribution in [1.29, 1.82) is 0 Å². The van der Waals surface area contributed by atoms with Gasteiger partial charge in [0.2, 0.25) is 5.91 Å². The molecule has 0 radical (unpaired) electrons. The molecule has 148 valence electrons. The SMILES string of the molecule is CCC(NC(=O)C1CCN(C(=O)O)CC1)c1nnc(C2CCCC2)[nH]c1=O. The van der Waals surface area contributed by atoms with E-state index in [2.05, 4.69) is 20.5 Å². The fraction of sp³-hybridized carbons (Fsp3) is 0.722. The number of carbonyl (C=O) groups is 2. The van der Waals surface area contributed by atoms with E-state index in [-0.39, 0.29) is 29.0 Å². The molecule has 3 rings (SSSR count). The zero-order valence-electron chi connectivity index (χ0n) is 15.6. The van der Waals surface area contributed by atoms with Gasteiger partial charge in [0.15, 0.2) is 5.69 Å². The lowest BCUT2D eigenvalue weighted by Crippen LogP contribution is -2.44. The number of hydrogen-bond donors (Lipinski definition) is 3. The highest BCUT2D eigenvalue weighted by atomic mass is 16.4. The lowest BCUT2D eigenvalue weighted by atomic mass is 9.95. The van der Waals surface area contributed by atoms with Gasteiger partial charge in [-0.25, -0.2) is 4.79 Å². The molecule has 1 saturated carbocycles. The Balaban J connectivity index is 1.64. The van der Waals surface area contributed by atoms with Crippen molar-refractivity contribution in [2.45, 2.75) is 63.8 Å². The number of aromatic amines is 1. The Morgan fingerprint density at radius 2 is 1.89 bits per heavy atom. The number of hydrogen-bond acceptors (Lipinski definition) is 5. The van der Waals surface area contributed by atoms with Gasteiger partial charge < -0.3 is 20.3 Å². The molecule has 3 N–H and O–H groups in total. The Morgan fingerprint density at radius 3 is 2.44 bits per heavy atom. The number of carboxylic acid groups (broad SMARTS) is 1. The first-order valence-electron chi connectivity index (χ1n) is 9.74. The third-order valence-corrected chi connectivity index (χ3v) is 5.67. The van der Waals surface area contributed by atoms with Crippen molar-refractivity contribution >= 4 is 12.0 Å². The average molecular weight is 377 g/mol. The molecule has 0 aromatic carbocycles. The lowest BCUT2D eigenvalue weighted by molar-refractivity contribution is -0.127. The molecule has 2 aliphatic rings. The zero-order valence-corrected chi connectivity index (χ0v) is 15.6. The molecule has 1 saturated heterocycles. The van der Waals surface area contributed by atoms with Crippen LogP contribution in [0.1, 0.15) is 75.3 Å². The van der Waals surface area contributed by atoms with E-state index in [1.807, 2.05) is 6.92 Å². The van der Waals surface area contributed by atoms with E-state index in [1.165, 1.54) is 4.90 Å². The average Bonchev–Trinajstić information content (AvgIpc) is 3.21. The van der Waals surface area contributed by atoms with Crippen LogP contribution in [0.5, 0.6) is 0 Å². The van der Waals surface area contributed by atoms with E-state index >= 15 is 0 Å². The Kier molecular flexibility index (Phi) is 6.08. The molecule has 27 heavy (non-hydrogen) atoms. The van der Waals surface area contributed by atoms with Gasteiger partial charge >= 0.3 is 6.09 Å². The monoisotopic (exact) mass is 377 g/mol. The normalized spacial score (nSPS) is 19.8. The maximum atomic E-state index is 12.6. The van der Waals surface area contributed by atoms with E-state index in [4.69, 9.17) is 5.11 Å². The van der Waals surface area contributed by atoms with Crippen LogP contribution in [0.2, 0.25) is 0 Å². The number of rotatable bonds is 5. The van der Waals surface area contributed by atoms with E-state index in [0.29, 0.717) is 38.2 Å². The fourth-order valence-electron chi connectivity index (χ4n) is 3.96. The van der Waals surface area contributed by atoms with Crippen LogP contribution in [0.25, 0.3) is 0 Å². The molecule has 1 atom stereocenters. The van der Waals surface area contributed by atoms with Crippen LogP contribution in [0.15, 0.2) is 4.79 Å². The summed E-state index contributed by atoms with van der Waals surface area (Å²) in [5.41, 5.74) is -0.0599. The minimum absolute atomic E-state index is 0.159. The summed E-state index contributed by atoms with van der Waals surface area (Å²) in [6, 6.07) is -0.496. The standard InChI is InChI=1S/C18H27N5O4/c1-2-13(19-16(24)12-7-9-23(10-8-12)18(26)27)14-17(25)20-15(22-21-14)11-5-3-4-6-11/h11-13H,2-10H2,1H3,(H,19,24)(H,26,27)(H,20,22,25).